The zero-order valence-electron chi connectivity index (χ0n) is 11.5. The van der Waals surface area contributed by atoms with Crippen LogP contribution < -0.4 is 0 Å². The first-order valence-corrected chi connectivity index (χ1v) is 7.94. The van der Waals surface area contributed by atoms with Crippen molar-refractivity contribution in [1.82, 2.24) is 0 Å². The molecule has 0 atom stereocenters. The van der Waals surface area contributed by atoms with Crippen molar-refractivity contribution in [2.24, 2.45) is 0 Å². The van der Waals surface area contributed by atoms with E-state index in [2.05, 4.69) is 48.5 Å². The highest BCUT2D eigenvalue weighted by Crippen LogP contribution is 2.43. The maximum Gasteiger partial charge on any atom is 0.0485 e. The lowest BCUT2D eigenvalue weighted by molar-refractivity contribution is 1.78. The molecular formula is C20H10Cl2. The summed E-state index contributed by atoms with van der Waals surface area (Å²) >= 11 is 12.8. The molecular weight excluding hydrogens is 311 g/mol. The van der Waals surface area contributed by atoms with Gasteiger partial charge in [-0.25, -0.2) is 0 Å². The summed E-state index contributed by atoms with van der Waals surface area (Å²) in [5.74, 6) is 0. The van der Waals surface area contributed by atoms with Gasteiger partial charge in [0.2, 0.25) is 0 Å². The number of hydrogen-bond donors (Lipinski definition) is 0. The first kappa shape index (κ1) is 12.5. The lowest BCUT2D eigenvalue weighted by Gasteiger charge is -2.15. The maximum atomic E-state index is 6.42. The fourth-order valence-corrected chi connectivity index (χ4v) is 4.08. The molecule has 0 saturated carbocycles. The van der Waals surface area contributed by atoms with Gasteiger partial charge in [0.05, 0.1) is 0 Å². The first-order valence-electron chi connectivity index (χ1n) is 7.19. The highest BCUT2D eigenvalue weighted by atomic mass is 35.5. The molecule has 0 radical (unpaired) electrons. The Morgan fingerprint density at radius 3 is 1.23 bits per heavy atom. The van der Waals surface area contributed by atoms with E-state index in [-0.39, 0.29) is 0 Å². The van der Waals surface area contributed by atoms with E-state index in [9.17, 15) is 0 Å². The summed E-state index contributed by atoms with van der Waals surface area (Å²) in [4.78, 5) is 0. The molecule has 0 saturated heterocycles. The summed E-state index contributed by atoms with van der Waals surface area (Å²) in [6.07, 6.45) is 0. The summed E-state index contributed by atoms with van der Waals surface area (Å²) in [6, 6.07) is 20.9. The fourth-order valence-electron chi connectivity index (χ4n) is 3.64. The van der Waals surface area contributed by atoms with Gasteiger partial charge in [0.25, 0.3) is 0 Å². The van der Waals surface area contributed by atoms with Crippen LogP contribution in [0.2, 0.25) is 10.0 Å². The van der Waals surface area contributed by atoms with Crippen molar-refractivity contribution in [3.63, 3.8) is 0 Å². The Balaban J connectivity index is 2.28. The van der Waals surface area contributed by atoms with E-state index < -0.39 is 0 Å². The summed E-state index contributed by atoms with van der Waals surface area (Å²) in [5, 5.41) is 11.2. The fraction of sp³-hybridized carbons (Fsp3) is 0. The van der Waals surface area contributed by atoms with Gasteiger partial charge in [-0.2, -0.15) is 0 Å². The van der Waals surface area contributed by atoms with Crippen LogP contribution in [0.15, 0.2) is 60.7 Å². The van der Waals surface area contributed by atoms with Crippen LogP contribution in [0.4, 0.5) is 0 Å². The largest absolute Gasteiger partial charge is 0.0837 e. The van der Waals surface area contributed by atoms with Gasteiger partial charge in [0.15, 0.2) is 0 Å². The lowest BCUT2D eigenvalue weighted by Crippen LogP contribution is -1.87. The molecule has 22 heavy (non-hydrogen) atoms. The molecule has 0 aliphatic heterocycles. The molecule has 5 rings (SSSR count). The van der Waals surface area contributed by atoms with Crippen molar-refractivity contribution >= 4 is 66.3 Å². The SMILES string of the molecule is Clc1ccc2c3cccc4c(Cl)ccc(c5cccc1c52)c43. The van der Waals surface area contributed by atoms with Gasteiger partial charge in [-0.1, -0.05) is 71.7 Å². The van der Waals surface area contributed by atoms with E-state index in [1.54, 1.807) is 0 Å². The number of hydrogen-bond acceptors (Lipinski definition) is 0. The molecule has 0 fully saturated rings. The average molecular weight is 321 g/mol. The predicted octanol–water partition coefficient (Wildman–Crippen LogP) is 7.04. The van der Waals surface area contributed by atoms with Crippen molar-refractivity contribution in [2.45, 2.75) is 0 Å². The second-order valence-corrected chi connectivity index (χ2v) is 6.46. The van der Waals surface area contributed by atoms with Crippen LogP contribution in [0.3, 0.4) is 0 Å². The van der Waals surface area contributed by atoms with Gasteiger partial charge < -0.3 is 0 Å². The molecule has 0 unspecified atom stereocenters. The van der Waals surface area contributed by atoms with E-state index >= 15 is 0 Å². The molecule has 104 valence electrons. The average Bonchev–Trinajstić information content (AvgIpc) is 2.55. The number of benzene rings is 5. The van der Waals surface area contributed by atoms with Crippen LogP contribution in [-0.4, -0.2) is 0 Å². The third kappa shape index (κ3) is 1.44. The first-order chi connectivity index (χ1) is 10.8. The molecule has 0 N–H and O–H groups in total. The summed E-state index contributed by atoms with van der Waals surface area (Å²) < 4.78 is 0. The highest BCUT2D eigenvalue weighted by Gasteiger charge is 2.14. The predicted molar refractivity (Wildman–Crippen MR) is 97.7 cm³/mol. The minimum Gasteiger partial charge on any atom is -0.0837 e. The number of halogens is 2. The van der Waals surface area contributed by atoms with Gasteiger partial charge in [-0.05, 0) is 44.5 Å². The molecule has 0 aliphatic carbocycles. The normalized spacial score (nSPS) is 12.1. The van der Waals surface area contributed by atoms with Crippen LogP contribution in [0.1, 0.15) is 0 Å². The van der Waals surface area contributed by atoms with Crippen molar-refractivity contribution in [3.8, 4) is 0 Å². The van der Waals surface area contributed by atoms with E-state index in [1.165, 1.54) is 32.3 Å². The van der Waals surface area contributed by atoms with E-state index in [1.807, 2.05) is 12.1 Å². The smallest absolute Gasteiger partial charge is 0.0485 e. The topological polar surface area (TPSA) is 0 Å². The Kier molecular flexibility index (Phi) is 2.42. The van der Waals surface area contributed by atoms with Gasteiger partial charge >= 0.3 is 0 Å². The van der Waals surface area contributed by atoms with Crippen LogP contribution in [0.25, 0.3) is 43.1 Å². The maximum absolute atomic E-state index is 6.42. The third-order valence-corrected chi connectivity index (χ3v) is 5.21. The second-order valence-electron chi connectivity index (χ2n) is 5.65. The second kappa shape index (κ2) is 4.25. The number of rotatable bonds is 0. The zero-order valence-corrected chi connectivity index (χ0v) is 13.0. The van der Waals surface area contributed by atoms with Crippen molar-refractivity contribution < 1.29 is 0 Å². The van der Waals surface area contributed by atoms with Crippen molar-refractivity contribution in [1.29, 1.82) is 0 Å². The van der Waals surface area contributed by atoms with Crippen molar-refractivity contribution in [3.05, 3.63) is 70.7 Å². The Labute approximate surface area is 137 Å². The lowest BCUT2D eigenvalue weighted by atomic mass is 9.90. The molecule has 0 bridgehead atoms. The molecule has 5 aromatic rings. The van der Waals surface area contributed by atoms with Gasteiger partial charge in [-0.3, -0.25) is 0 Å². The van der Waals surface area contributed by atoms with E-state index in [0.29, 0.717) is 0 Å². The molecule has 0 nitrogen and oxygen atoms in total. The van der Waals surface area contributed by atoms with E-state index in [4.69, 9.17) is 23.2 Å². The molecule has 0 aliphatic rings. The minimum atomic E-state index is 0.796. The number of fused-ring (bicyclic) bond motifs is 2. The van der Waals surface area contributed by atoms with Crippen molar-refractivity contribution in [2.75, 3.05) is 0 Å². The van der Waals surface area contributed by atoms with E-state index in [0.717, 1.165) is 20.8 Å². The Hall–Kier alpha value is -2.02. The van der Waals surface area contributed by atoms with Gasteiger partial charge in [0.1, 0.15) is 0 Å². The van der Waals surface area contributed by atoms with Crippen LogP contribution in [0, 0.1) is 0 Å². The molecule has 0 spiro atoms. The summed E-state index contributed by atoms with van der Waals surface area (Å²) in [6.45, 7) is 0. The van der Waals surface area contributed by atoms with Gasteiger partial charge in [-0.15, -0.1) is 0 Å². The highest BCUT2D eigenvalue weighted by molar-refractivity contribution is 6.43. The van der Waals surface area contributed by atoms with Crippen LogP contribution in [-0.2, 0) is 0 Å². The Bertz CT molecular complexity index is 1070. The molecule has 0 heterocycles. The summed E-state index contributed by atoms with van der Waals surface area (Å²) in [7, 11) is 0. The Morgan fingerprint density at radius 2 is 0.773 bits per heavy atom. The third-order valence-electron chi connectivity index (χ3n) is 4.56. The Morgan fingerprint density at radius 1 is 0.409 bits per heavy atom. The van der Waals surface area contributed by atoms with Gasteiger partial charge in [0, 0.05) is 20.8 Å². The monoisotopic (exact) mass is 320 g/mol. The standard InChI is InChI=1S/C20H10Cl2/c21-17-9-8-14-12-4-2-6-16-18(22)10-7-13(20(12)16)11-3-1-5-15(17)19(11)14/h1-10H. The van der Waals surface area contributed by atoms with Crippen LogP contribution in [0.5, 0.6) is 0 Å². The summed E-state index contributed by atoms with van der Waals surface area (Å²) in [5.41, 5.74) is 0. The quantitative estimate of drug-likeness (QED) is 0.212. The zero-order chi connectivity index (χ0) is 14.8. The minimum absolute atomic E-state index is 0.796. The molecule has 0 aromatic heterocycles. The molecule has 5 aromatic carbocycles. The van der Waals surface area contributed by atoms with Crippen LogP contribution >= 0.6 is 23.2 Å². The molecule has 0 amide bonds. The molecule has 2 heteroatoms.